The molecule has 0 bridgehead atoms. The van der Waals surface area contributed by atoms with Gasteiger partial charge >= 0.3 is 0 Å². The molecule has 0 unspecified atom stereocenters. The van der Waals surface area contributed by atoms with Crippen molar-refractivity contribution in [2.75, 3.05) is 0 Å². The first-order valence-electron chi connectivity index (χ1n) is 6.90. The van der Waals surface area contributed by atoms with Crippen LogP contribution in [0.25, 0.3) is 0 Å². The van der Waals surface area contributed by atoms with Crippen LogP contribution in [0, 0.1) is 12.7 Å². The summed E-state index contributed by atoms with van der Waals surface area (Å²) in [6.45, 7) is 9.15. The van der Waals surface area contributed by atoms with Crippen molar-refractivity contribution in [1.82, 2.24) is 10.3 Å². The van der Waals surface area contributed by atoms with Gasteiger partial charge in [-0.2, -0.15) is 0 Å². The molecule has 1 aromatic carbocycles. The zero-order valence-corrected chi connectivity index (χ0v) is 13.7. The lowest BCUT2D eigenvalue weighted by molar-refractivity contribution is 0.303. The summed E-state index contributed by atoms with van der Waals surface area (Å²) in [7, 11) is 0. The highest BCUT2D eigenvalue weighted by atomic mass is 32.1. The molecule has 0 fully saturated rings. The van der Waals surface area contributed by atoms with Gasteiger partial charge in [0.05, 0.1) is 0 Å². The molecule has 0 spiro atoms. The average molecular weight is 308 g/mol. The van der Waals surface area contributed by atoms with Crippen molar-refractivity contribution >= 4 is 11.3 Å². The van der Waals surface area contributed by atoms with Crippen LogP contribution < -0.4 is 10.1 Å². The molecule has 5 heteroatoms. The third-order valence-electron chi connectivity index (χ3n) is 2.78. The average Bonchev–Trinajstić information content (AvgIpc) is 2.79. The van der Waals surface area contributed by atoms with E-state index in [1.165, 1.54) is 12.1 Å². The molecule has 0 aliphatic heterocycles. The number of aromatic nitrogens is 1. The molecule has 0 aliphatic carbocycles. The maximum Gasteiger partial charge on any atom is 0.140 e. The van der Waals surface area contributed by atoms with Gasteiger partial charge in [0.25, 0.3) is 0 Å². The zero-order chi connectivity index (χ0) is 15.5. The first-order valence-corrected chi connectivity index (χ1v) is 7.78. The fourth-order valence-corrected chi connectivity index (χ4v) is 2.47. The molecule has 0 saturated carbocycles. The maximum atomic E-state index is 13.7. The van der Waals surface area contributed by atoms with Crippen molar-refractivity contribution in [3.63, 3.8) is 0 Å². The van der Waals surface area contributed by atoms with Gasteiger partial charge in [0.2, 0.25) is 0 Å². The van der Waals surface area contributed by atoms with Crippen LogP contribution in [0.15, 0.2) is 23.6 Å². The van der Waals surface area contributed by atoms with Gasteiger partial charge in [-0.3, -0.25) is 0 Å². The van der Waals surface area contributed by atoms with Crippen LogP contribution in [-0.2, 0) is 13.2 Å². The van der Waals surface area contributed by atoms with E-state index in [-0.39, 0.29) is 11.4 Å². The number of rotatable bonds is 5. The van der Waals surface area contributed by atoms with E-state index in [4.69, 9.17) is 4.74 Å². The third kappa shape index (κ3) is 5.44. The summed E-state index contributed by atoms with van der Waals surface area (Å²) in [5.41, 5.74) is 1.84. The standard InChI is InChI=1S/C16H21FN2OS/c1-11-10-21-15(19-11)9-20-14-6-12(5-13(17)7-14)8-18-16(2,3)4/h5-7,10,18H,8-9H2,1-4H3. The van der Waals surface area contributed by atoms with Gasteiger partial charge in [-0.25, -0.2) is 9.37 Å². The molecule has 2 rings (SSSR count). The predicted molar refractivity (Wildman–Crippen MR) is 84.2 cm³/mol. The molecule has 0 amide bonds. The fraction of sp³-hybridized carbons (Fsp3) is 0.438. The minimum atomic E-state index is -0.284. The Morgan fingerprint density at radius 3 is 2.67 bits per heavy atom. The van der Waals surface area contributed by atoms with Gasteiger partial charge in [-0.15, -0.1) is 11.3 Å². The van der Waals surface area contributed by atoms with E-state index in [1.54, 1.807) is 11.3 Å². The summed E-state index contributed by atoms with van der Waals surface area (Å²) in [4.78, 5) is 4.33. The number of hydrogen-bond acceptors (Lipinski definition) is 4. The number of ether oxygens (including phenoxy) is 1. The summed E-state index contributed by atoms with van der Waals surface area (Å²) >= 11 is 1.55. The van der Waals surface area contributed by atoms with Crippen LogP contribution in [0.4, 0.5) is 4.39 Å². The van der Waals surface area contributed by atoms with Crippen molar-refractivity contribution in [2.45, 2.75) is 46.4 Å². The Morgan fingerprint density at radius 1 is 1.29 bits per heavy atom. The van der Waals surface area contributed by atoms with Gasteiger partial charge in [-0.05, 0) is 45.4 Å². The van der Waals surface area contributed by atoms with Crippen molar-refractivity contribution in [1.29, 1.82) is 0 Å². The number of hydrogen-bond donors (Lipinski definition) is 1. The van der Waals surface area contributed by atoms with E-state index < -0.39 is 0 Å². The highest BCUT2D eigenvalue weighted by molar-refractivity contribution is 7.09. The fourth-order valence-electron chi connectivity index (χ4n) is 1.79. The summed E-state index contributed by atoms with van der Waals surface area (Å²) in [6.07, 6.45) is 0. The Kier molecular flexibility index (Phi) is 4.96. The van der Waals surface area contributed by atoms with E-state index in [1.807, 2.05) is 18.4 Å². The van der Waals surface area contributed by atoms with E-state index in [9.17, 15) is 4.39 Å². The molecule has 114 valence electrons. The maximum absolute atomic E-state index is 13.7. The Bertz CT molecular complexity index is 605. The van der Waals surface area contributed by atoms with Crippen LogP contribution in [0.3, 0.4) is 0 Å². The van der Waals surface area contributed by atoms with Crippen LogP contribution in [0.1, 0.15) is 37.0 Å². The molecule has 1 aromatic heterocycles. The molecule has 0 atom stereocenters. The van der Waals surface area contributed by atoms with E-state index in [0.717, 1.165) is 16.3 Å². The molecule has 3 nitrogen and oxygen atoms in total. The van der Waals surface area contributed by atoms with Crippen molar-refractivity contribution in [2.24, 2.45) is 0 Å². The second-order valence-electron chi connectivity index (χ2n) is 6.07. The summed E-state index contributed by atoms with van der Waals surface area (Å²) in [5, 5.41) is 6.21. The first kappa shape index (κ1) is 15.9. The lowest BCUT2D eigenvalue weighted by Crippen LogP contribution is -2.35. The molecule has 0 radical (unpaired) electrons. The van der Waals surface area contributed by atoms with E-state index in [0.29, 0.717) is 18.9 Å². The number of aryl methyl sites for hydroxylation is 1. The molecular formula is C16H21FN2OS. The number of nitrogens with zero attached hydrogens (tertiary/aromatic N) is 1. The minimum absolute atomic E-state index is 0.00818. The number of benzene rings is 1. The number of thiazole rings is 1. The molecule has 1 N–H and O–H groups in total. The van der Waals surface area contributed by atoms with Gasteiger partial charge in [0, 0.05) is 29.2 Å². The monoisotopic (exact) mass is 308 g/mol. The molecule has 2 aromatic rings. The lowest BCUT2D eigenvalue weighted by atomic mass is 10.1. The normalized spacial score (nSPS) is 11.7. The second-order valence-corrected chi connectivity index (χ2v) is 7.01. The second kappa shape index (κ2) is 6.54. The largest absolute Gasteiger partial charge is 0.486 e. The van der Waals surface area contributed by atoms with Gasteiger partial charge in [0.1, 0.15) is 23.2 Å². The van der Waals surface area contributed by atoms with Crippen LogP contribution in [0.2, 0.25) is 0 Å². The number of nitrogens with one attached hydrogen (secondary N) is 1. The van der Waals surface area contributed by atoms with Crippen molar-refractivity contribution < 1.29 is 9.13 Å². The summed E-state index contributed by atoms with van der Waals surface area (Å²) in [6, 6.07) is 4.79. The number of halogens is 1. The highest BCUT2D eigenvalue weighted by Crippen LogP contribution is 2.19. The molecule has 21 heavy (non-hydrogen) atoms. The van der Waals surface area contributed by atoms with E-state index in [2.05, 4.69) is 31.1 Å². The van der Waals surface area contributed by atoms with Crippen LogP contribution in [0.5, 0.6) is 5.75 Å². The predicted octanol–water partition coefficient (Wildman–Crippen LogP) is 4.06. The smallest absolute Gasteiger partial charge is 0.140 e. The highest BCUT2D eigenvalue weighted by Gasteiger charge is 2.10. The Hall–Kier alpha value is -1.46. The van der Waals surface area contributed by atoms with E-state index >= 15 is 0 Å². The summed E-state index contributed by atoms with van der Waals surface area (Å²) < 4.78 is 19.3. The Morgan fingerprint density at radius 2 is 2.05 bits per heavy atom. The molecule has 0 saturated heterocycles. The van der Waals surface area contributed by atoms with Crippen LogP contribution >= 0.6 is 11.3 Å². The van der Waals surface area contributed by atoms with Crippen LogP contribution in [-0.4, -0.2) is 10.5 Å². The molecule has 0 aliphatic rings. The SMILES string of the molecule is Cc1csc(COc2cc(F)cc(CNC(C)(C)C)c2)n1. The van der Waals surface area contributed by atoms with Crippen molar-refractivity contribution in [3.05, 3.63) is 45.7 Å². The zero-order valence-electron chi connectivity index (χ0n) is 12.9. The van der Waals surface area contributed by atoms with Gasteiger partial charge in [-0.1, -0.05) is 0 Å². The van der Waals surface area contributed by atoms with Crippen molar-refractivity contribution in [3.8, 4) is 5.75 Å². The minimum Gasteiger partial charge on any atom is -0.486 e. The third-order valence-corrected chi connectivity index (χ3v) is 3.72. The van der Waals surface area contributed by atoms with Gasteiger partial charge < -0.3 is 10.1 Å². The quantitative estimate of drug-likeness (QED) is 0.904. The first-order chi connectivity index (χ1) is 9.82. The van der Waals surface area contributed by atoms with Gasteiger partial charge in [0.15, 0.2) is 0 Å². The summed E-state index contributed by atoms with van der Waals surface area (Å²) in [5.74, 6) is 0.252. The molecular weight excluding hydrogens is 287 g/mol. The Labute approximate surface area is 129 Å². The topological polar surface area (TPSA) is 34.1 Å². The lowest BCUT2D eigenvalue weighted by Gasteiger charge is -2.20. The Balaban J connectivity index is 2.01. The molecule has 1 heterocycles.